The molecule has 1 heterocycles. The Bertz CT molecular complexity index is 563. The van der Waals surface area contributed by atoms with Gasteiger partial charge in [0.15, 0.2) is 0 Å². The lowest BCUT2D eigenvalue weighted by Crippen LogP contribution is -2.35. The van der Waals surface area contributed by atoms with Crippen LogP contribution in [0.3, 0.4) is 0 Å². The summed E-state index contributed by atoms with van der Waals surface area (Å²) in [4.78, 5) is 11.8. The van der Waals surface area contributed by atoms with Crippen molar-refractivity contribution in [2.75, 3.05) is 11.9 Å². The number of nitrogens with one attached hydrogen (secondary N) is 1. The van der Waals surface area contributed by atoms with Crippen LogP contribution < -0.4 is 5.32 Å². The molecule has 3 nitrogen and oxygen atoms in total. The SMILES string of the molecule is CCOC(=O)CC1CCCC2c3cc(F)cc(Br)c3NC12. The van der Waals surface area contributed by atoms with Crippen molar-refractivity contribution in [2.45, 2.75) is 44.6 Å². The molecule has 5 heteroatoms. The molecular weight excluding hydrogens is 337 g/mol. The van der Waals surface area contributed by atoms with Gasteiger partial charge in [0.05, 0.1) is 18.7 Å². The molecule has 0 saturated heterocycles. The molecule has 3 unspecified atom stereocenters. The van der Waals surface area contributed by atoms with Gasteiger partial charge in [-0.3, -0.25) is 4.79 Å². The first-order chi connectivity index (χ1) is 10.1. The van der Waals surface area contributed by atoms with Gasteiger partial charge in [-0.1, -0.05) is 6.42 Å². The zero-order valence-electron chi connectivity index (χ0n) is 12.0. The van der Waals surface area contributed by atoms with Crippen LogP contribution >= 0.6 is 15.9 Å². The van der Waals surface area contributed by atoms with Crippen molar-refractivity contribution in [1.29, 1.82) is 0 Å². The summed E-state index contributed by atoms with van der Waals surface area (Å²) in [7, 11) is 0. The lowest BCUT2D eigenvalue weighted by molar-refractivity contribution is -0.144. The number of hydrogen-bond acceptors (Lipinski definition) is 3. The highest BCUT2D eigenvalue weighted by Crippen LogP contribution is 2.49. The minimum Gasteiger partial charge on any atom is -0.466 e. The number of ether oxygens (including phenoxy) is 1. The van der Waals surface area contributed by atoms with Gasteiger partial charge in [0, 0.05) is 16.4 Å². The summed E-state index contributed by atoms with van der Waals surface area (Å²) < 4.78 is 19.5. The Hall–Kier alpha value is -1.10. The summed E-state index contributed by atoms with van der Waals surface area (Å²) in [5.41, 5.74) is 2.03. The number of carbonyl (C=O) groups excluding carboxylic acids is 1. The molecule has 3 rings (SSSR count). The summed E-state index contributed by atoms with van der Waals surface area (Å²) in [6, 6.07) is 3.32. The lowest BCUT2D eigenvalue weighted by Gasteiger charge is -2.33. The highest BCUT2D eigenvalue weighted by Gasteiger charge is 2.41. The van der Waals surface area contributed by atoms with E-state index in [1.165, 1.54) is 6.07 Å². The number of esters is 1. The van der Waals surface area contributed by atoms with Crippen molar-refractivity contribution in [3.63, 3.8) is 0 Å². The van der Waals surface area contributed by atoms with Crippen LogP contribution in [0.2, 0.25) is 0 Å². The zero-order chi connectivity index (χ0) is 15.0. The van der Waals surface area contributed by atoms with E-state index in [4.69, 9.17) is 4.74 Å². The number of rotatable bonds is 3. The summed E-state index contributed by atoms with van der Waals surface area (Å²) in [5.74, 6) is 0.201. The maximum absolute atomic E-state index is 13.7. The van der Waals surface area contributed by atoms with Crippen molar-refractivity contribution in [2.24, 2.45) is 5.92 Å². The summed E-state index contributed by atoms with van der Waals surface area (Å²) >= 11 is 3.43. The van der Waals surface area contributed by atoms with Crippen molar-refractivity contribution in [3.05, 3.63) is 28.0 Å². The Labute approximate surface area is 132 Å². The van der Waals surface area contributed by atoms with Crippen LogP contribution in [-0.4, -0.2) is 18.6 Å². The first-order valence-electron chi connectivity index (χ1n) is 7.51. The molecular formula is C16H19BrFNO2. The normalized spacial score (nSPS) is 26.7. The second kappa shape index (κ2) is 5.95. The molecule has 0 amide bonds. The first-order valence-corrected chi connectivity index (χ1v) is 8.30. The average Bonchev–Trinajstić information content (AvgIpc) is 2.79. The third-order valence-electron chi connectivity index (χ3n) is 4.56. The molecule has 1 fully saturated rings. The van der Waals surface area contributed by atoms with Crippen LogP contribution in [0.15, 0.2) is 16.6 Å². The van der Waals surface area contributed by atoms with Crippen LogP contribution in [0, 0.1) is 11.7 Å². The van der Waals surface area contributed by atoms with Crippen LogP contribution in [-0.2, 0) is 9.53 Å². The second-order valence-corrected chi connectivity index (χ2v) is 6.68. The monoisotopic (exact) mass is 355 g/mol. The van der Waals surface area contributed by atoms with Gasteiger partial charge in [-0.2, -0.15) is 0 Å². The number of halogens is 2. The fraction of sp³-hybridized carbons (Fsp3) is 0.562. The van der Waals surface area contributed by atoms with Gasteiger partial charge in [-0.05, 0) is 59.3 Å². The molecule has 0 bridgehead atoms. The minimum atomic E-state index is -0.212. The Balaban J connectivity index is 1.82. The van der Waals surface area contributed by atoms with Crippen LogP contribution in [0.4, 0.5) is 10.1 Å². The van der Waals surface area contributed by atoms with Crippen LogP contribution in [0.1, 0.15) is 44.1 Å². The Morgan fingerprint density at radius 2 is 2.29 bits per heavy atom. The second-order valence-electron chi connectivity index (χ2n) is 5.83. The van der Waals surface area contributed by atoms with Crippen molar-refractivity contribution >= 4 is 27.6 Å². The summed E-state index contributed by atoms with van der Waals surface area (Å²) in [6.07, 6.45) is 3.57. The van der Waals surface area contributed by atoms with Gasteiger partial charge >= 0.3 is 5.97 Å². The first kappa shape index (κ1) is 14.8. The van der Waals surface area contributed by atoms with Crippen molar-refractivity contribution < 1.29 is 13.9 Å². The van der Waals surface area contributed by atoms with E-state index in [2.05, 4.69) is 21.2 Å². The molecule has 1 N–H and O–H groups in total. The van der Waals surface area contributed by atoms with E-state index in [-0.39, 0.29) is 23.7 Å². The van der Waals surface area contributed by atoms with Gasteiger partial charge in [0.1, 0.15) is 5.82 Å². The molecule has 0 radical (unpaired) electrons. The highest BCUT2D eigenvalue weighted by molar-refractivity contribution is 9.10. The topological polar surface area (TPSA) is 38.3 Å². The molecule has 1 aromatic rings. The van der Waals surface area contributed by atoms with E-state index in [1.807, 2.05) is 6.92 Å². The predicted octanol–water partition coefficient (Wildman–Crippen LogP) is 4.22. The largest absolute Gasteiger partial charge is 0.466 e. The van der Waals surface area contributed by atoms with Gasteiger partial charge in [-0.15, -0.1) is 0 Å². The van der Waals surface area contributed by atoms with E-state index in [0.29, 0.717) is 18.9 Å². The molecule has 1 aliphatic carbocycles. The average molecular weight is 356 g/mol. The van der Waals surface area contributed by atoms with E-state index in [9.17, 15) is 9.18 Å². The fourth-order valence-electron chi connectivity index (χ4n) is 3.72. The van der Waals surface area contributed by atoms with Crippen LogP contribution in [0.5, 0.6) is 0 Å². The van der Waals surface area contributed by atoms with Gasteiger partial charge < -0.3 is 10.1 Å². The molecule has 0 spiro atoms. The third-order valence-corrected chi connectivity index (χ3v) is 5.19. The van der Waals surface area contributed by atoms with Gasteiger partial charge in [-0.25, -0.2) is 4.39 Å². The third kappa shape index (κ3) is 2.80. The fourth-order valence-corrected chi connectivity index (χ4v) is 4.28. The Morgan fingerprint density at radius 1 is 1.48 bits per heavy atom. The maximum Gasteiger partial charge on any atom is 0.306 e. The number of anilines is 1. The van der Waals surface area contributed by atoms with Crippen molar-refractivity contribution in [3.8, 4) is 0 Å². The van der Waals surface area contributed by atoms with E-state index >= 15 is 0 Å². The standard InChI is InChI=1S/C16H19BrFNO2/c1-2-21-14(20)6-9-4-3-5-11-12-7-10(18)8-13(17)16(12)19-15(9)11/h7-9,11,15,19H,2-6H2,1H3. The van der Waals surface area contributed by atoms with Crippen LogP contribution in [0.25, 0.3) is 0 Å². The Morgan fingerprint density at radius 3 is 3.05 bits per heavy atom. The molecule has 114 valence electrons. The molecule has 1 saturated carbocycles. The quantitative estimate of drug-likeness (QED) is 0.825. The van der Waals surface area contributed by atoms with E-state index in [0.717, 1.165) is 35.0 Å². The molecule has 21 heavy (non-hydrogen) atoms. The molecule has 0 aromatic heterocycles. The Kier molecular flexibility index (Phi) is 4.20. The maximum atomic E-state index is 13.7. The number of hydrogen-bond donors (Lipinski definition) is 1. The minimum absolute atomic E-state index is 0.133. The molecule has 1 aromatic carbocycles. The number of carbonyl (C=O) groups is 1. The van der Waals surface area contributed by atoms with Gasteiger partial charge in [0.25, 0.3) is 0 Å². The highest BCUT2D eigenvalue weighted by atomic mass is 79.9. The molecule has 3 atom stereocenters. The van der Waals surface area contributed by atoms with E-state index in [1.54, 1.807) is 6.07 Å². The number of fused-ring (bicyclic) bond motifs is 3. The predicted molar refractivity (Wildman–Crippen MR) is 82.8 cm³/mol. The smallest absolute Gasteiger partial charge is 0.306 e. The molecule has 1 aliphatic heterocycles. The molecule has 2 aliphatic rings. The summed E-state index contributed by atoms with van der Waals surface area (Å²) in [5, 5.41) is 3.51. The van der Waals surface area contributed by atoms with Gasteiger partial charge in [0.2, 0.25) is 0 Å². The zero-order valence-corrected chi connectivity index (χ0v) is 13.6. The van der Waals surface area contributed by atoms with E-state index < -0.39 is 0 Å². The summed E-state index contributed by atoms with van der Waals surface area (Å²) in [6.45, 7) is 2.25. The number of benzene rings is 1. The van der Waals surface area contributed by atoms with Crippen molar-refractivity contribution in [1.82, 2.24) is 0 Å². The lowest BCUT2D eigenvalue weighted by atomic mass is 9.75.